The number of methoxy groups -OCH3 is 1. The van der Waals surface area contributed by atoms with Crippen LogP contribution < -0.4 is 9.47 Å². The third kappa shape index (κ3) is 6.84. The van der Waals surface area contributed by atoms with E-state index in [9.17, 15) is 9.18 Å². The number of halogens is 1. The SMILES string of the molecule is COc1cc(C(C)=O)ccc1OCCCN1CCC(C(c2ccc(F)cc2)C2CCCCC2)CC1. The molecule has 0 amide bonds. The highest BCUT2D eigenvalue weighted by atomic mass is 19.1. The van der Waals surface area contributed by atoms with E-state index < -0.39 is 0 Å². The lowest BCUT2D eigenvalue weighted by atomic mass is 9.68. The molecule has 2 aromatic carbocycles. The molecule has 4 rings (SSSR count). The van der Waals surface area contributed by atoms with E-state index in [1.54, 1.807) is 38.3 Å². The molecule has 1 aliphatic heterocycles. The molecule has 0 N–H and O–H groups in total. The maximum Gasteiger partial charge on any atom is 0.161 e. The predicted octanol–water partition coefficient (Wildman–Crippen LogP) is 6.88. The van der Waals surface area contributed by atoms with Crippen molar-refractivity contribution in [2.45, 2.75) is 64.2 Å². The Balaban J connectivity index is 1.27. The first-order valence-electron chi connectivity index (χ1n) is 13.3. The molecule has 4 nitrogen and oxygen atoms in total. The van der Waals surface area contributed by atoms with Crippen LogP contribution in [0.4, 0.5) is 4.39 Å². The first-order valence-corrected chi connectivity index (χ1v) is 13.3. The van der Waals surface area contributed by atoms with Gasteiger partial charge in [0.25, 0.3) is 0 Å². The van der Waals surface area contributed by atoms with E-state index in [2.05, 4.69) is 4.90 Å². The maximum absolute atomic E-state index is 13.6. The van der Waals surface area contributed by atoms with E-state index in [4.69, 9.17) is 9.47 Å². The minimum atomic E-state index is -0.138. The number of ether oxygens (including phenoxy) is 2. The van der Waals surface area contributed by atoms with Crippen LogP contribution in [0.1, 0.15) is 80.1 Å². The molecule has 2 fully saturated rings. The quantitative estimate of drug-likeness (QED) is 0.274. The molecule has 5 heteroatoms. The van der Waals surface area contributed by atoms with Crippen molar-refractivity contribution in [1.29, 1.82) is 0 Å². The number of hydrogen-bond donors (Lipinski definition) is 0. The normalized spacial score (nSPS) is 18.8. The van der Waals surface area contributed by atoms with Crippen LogP contribution in [-0.4, -0.2) is 44.0 Å². The van der Waals surface area contributed by atoms with Crippen molar-refractivity contribution in [1.82, 2.24) is 4.90 Å². The van der Waals surface area contributed by atoms with Gasteiger partial charge in [0.2, 0.25) is 0 Å². The number of carbonyl (C=O) groups excluding carboxylic acids is 1. The zero-order valence-electron chi connectivity index (χ0n) is 21.3. The van der Waals surface area contributed by atoms with Gasteiger partial charge in [-0.25, -0.2) is 4.39 Å². The van der Waals surface area contributed by atoms with Gasteiger partial charge in [0.15, 0.2) is 17.3 Å². The Morgan fingerprint density at radius 3 is 2.31 bits per heavy atom. The molecule has 1 heterocycles. The zero-order chi connectivity index (χ0) is 24.6. The van der Waals surface area contributed by atoms with Gasteiger partial charge in [-0.05, 0) is 106 Å². The van der Waals surface area contributed by atoms with Gasteiger partial charge in [0.1, 0.15) is 5.82 Å². The molecule has 0 aromatic heterocycles. The zero-order valence-corrected chi connectivity index (χ0v) is 21.3. The van der Waals surface area contributed by atoms with E-state index in [1.807, 2.05) is 18.2 Å². The van der Waals surface area contributed by atoms with Crippen LogP contribution in [0.2, 0.25) is 0 Å². The Hall–Kier alpha value is -2.40. The van der Waals surface area contributed by atoms with Crippen molar-refractivity contribution < 1.29 is 18.7 Å². The molecular weight excluding hydrogens is 441 g/mol. The molecule has 0 bridgehead atoms. The molecule has 1 atom stereocenters. The number of benzene rings is 2. The summed E-state index contributed by atoms with van der Waals surface area (Å²) in [6.07, 6.45) is 10.0. The molecule has 35 heavy (non-hydrogen) atoms. The molecule has 2 aromatic rings. The van der Waals surface area contributed by atoms with Crippen molar-refractivity contribution in [2.75, 3.05) is 33.4 Å². The third-order valence-corrected chi connectivity index (χ3v) is 8.00. The fourth-order valence-corrected chi connectivity index (χ4v) is 6.12. The highest BCUT2D eigenvalue weighted by molar-refractivity contribution is 5.94. The second-order valence-electron chi connectivity index (χ2n) is 10.3. The van der Waals surface area contributed by atoms with Crippen molar-refractivity contribution in [3.63, 3.8) is 0 Å². The van der Waals surface area contributed by atoms with E-state index >= 15 is 0 Å². The van der Waals surface area contributed by atoms with Gasteiger partial charge in [0.05, 0.1) is 13.7 Å². The maximum atomic E-state index is 13.6. The summed E-state index contributed by atoms with van der Waals surface area (Å²) in [7, 11) is 1.60. The van der Waals surface area contributed by atoms with E-state index in [0.29, 0.717) is 35.5 Å². The molecule has 1 aliphatic carbocycles. The van der Waals surface area contributed by atoms with Crippen LogP contribution in [0.5, 0.6) is 11.5 Å². The Morgan fingerprint density at radius 1 is 0.971 bits per heavy atom. The Labute approximate surface area is 209 Å². The molecule has 0 radical (unpaired) electrons. The standard InChI is InChI=1S/C30H40FNO3/c1-22(33)26-11-14-28(29(21-26)34-2)35-20-6-17-32-18-15-25(16-19-32)30(23-7-4-3-5-8-23)24-9-12-27(31)13-10-24/h9-14,21,23,25,30H,3-8,15-20H2,1-2H3. The number of nitrogens with zero attached hydrogens (tertiary/aromatic N) is 1. The van der Waals surface area contributed by atoms with Crippen molar-refractivity contribution in [3.8, 4) is 11.5 Å². The average Bonchev–Trinajstić information content (AvgIpc) is 2.89. The molecule has 2 aliphatic rings. The summed E-state index contributed by atoms with van der Waals surface area (Å²) in [5.74, 6) is 3.15. The molecule has 1 saturated carbocycles. The molecular formula is C30H40FNO3. The van der Waals surface area contributed by atoms with Crippen LogP contribution in [0.3, 0.4) is 0 Å². The third-order valence-electron chi connectivity index (χ3n) is 8.00. The number of hydrogen-bond acceptors (Lipinski definition) is 4. The predicted molar refractivity (Wildman–Crippen MR) is 138 cm³/mol. The monoisotopic (exact) mass is 481 g/mol. The first-order chi connectivity index (χ1) is 17.0. The second-order valence-corrected chi connectivity index (χ2v) is 10.3. The van der Waals surface area contributed by atoms with Crippen LogP contribution in [0.25, 0.3) is 0 Å². The Kier molecular flexibility index (Phi) is 9.19. The van der Waals surface area contributed by atoms with Gasteiger partial charge in [-0.2, -0.15) is 0 Å². The number of likely N-dealkylation sites (tertiary alicyclic amines) is 1. The first kappa shape index (κ1) is 25.7. The summed E-state index contributed by atoms with van der Waals surface area (Å²) in [4.78, 5) is 14.1. The number of ketones is 1. The van der Waals surface area contributed by atoms with Gasteiger partial charge in [-0.1, -0.05) is 31.4 Å². The fourth-order valence-electron chi connectivity index (χ4n) is 6.12. The molecule has 1 saturated heterocycles. The highest BCUT2D eigenvalue weighted by Crippen LogP contribution is 2.44. The Morgan fingerprint density at radius 2 is 1.66 bits per heavy atom. The molecule has 0 spiro atoms. The summed E-state index contributed by atoms with van der Waals surface area (Å²) < 4.78 is 25.0. The summed E-state index contributed by atoms with van der Waals surface area (Å²) >= 11 is 0. The van der Waals surface area contributed by atoms with E-state index in [1.165, 1.54) is 50.5 Å². The van der Waals surface area contributed by atoms with Gasteiger partial charge in [0, 0.05) is 12.1 Å². The topological polar surface area (TPSA) is 38.8 Å². The number of Topliss-reactive ketones (excluding diaryl/α,β-unsaturated/α-hetero) is 1. The van der Waals surface area contributed by atoms with Crippen LogP contribution in [-0.2, 0) is 0 Å². The van der Waals surface area contributed by atoms with Gasteiger partial charge in [-0.15, -0.1) is 0 Å². The van der Waals surface area contributed by atoms with Gasteiger partial charge in [-0.3, -0.25) is 4.79 Å². The average molecular weight is 482 g/mol. The van der Waals surface area contributed by atoms with Crippen molar-refractivity contribution >= 4 is 5.78 Å². The lowest BCUT2D eigenvalue weighted by Gasteiger charge is -2.41. The second kappa shape index (κ2) is 12.5. The molecule has 190 valence electrons. The highest BCUT2D eigenvalue weighted by Gasteiger charge is 2.33. The lowest BCUT2D eigenvalue weighted by Crippen LogP contribution is -2.38. The number of rotatable bonds is 10. The van der Waals surface area contributed by atoms with E-state index in [0.717, 1.165) is 32.0 Å². The number of piperidine rings is 1. The largest absolute Gasteiger partial charge is 0.493 e. The summed E-state index contributed by atoms with van der Waals surface area (Å²) in [6.45, 7) is 5.42. The molecule has 1 unspecified atom stereocenters. The van der Waals surface area contributed by atoms with Gasteiger partial charge < -0.3 is 14.4 Å². The van der Waals surface area contributed by atoms with Crippen molar-refractivity contribution in [3.05, 3.63) is 59.4 Å². The summed E-state index contributed by atoms with van der Waals surface area (Å²) in [6, 6.07) is 12.7. The fraction of sp³-hybridized carbons (Fsp3) is 0.567. The van der Waals surface area contributed by atoms with Crippen molar-refractivity contribution in [2.24, 2.45) is 11.8 Å². The van der Waals surface area contributed by atoms with Gasteiger partial charge >= 0.3 is 0 Å². The summed E-state index contributed by atoms with van der Waals surface area (Å²) in [5, 5.41) is 0. The van der Waals surface area contributed by atoms with Crippen LogP contribution >= 0.6 is 0 Å². The Bertz CT molecular complexity index is 947. The lowest BCUT2D eigenvalue weighted by molar-refractivity contribution is 0.101. The smallest absolute Gasteiger partial charge is 0.161 e. The van der Waals surface area contributed by atoms with E-state index in [-0.39, 0.29) is 11.6 Å². The summed E-state index contributed by atoms with van der Waals surface area (Å²) in [5.41, 5.74) is 1.97. The minimum absolute atomic E-state index is 0.0170. The minimum Gasteiger partial charge on any atom is -0.493 e. The van der Waals surface area contributed by atoms with Crippen LogP contribution in [0, 0.1) is 17.7 Å². The van der Waals surface area contributed by atoms with Crippen LogP contribution in [0.15, 0.2) is 42.5 Å². The number of carbonyl (C=O) groups is 1.